The van der Waals surface area contributed by atoms with Crippen molar-refractivity contribution in [3.63, 3.8) is 0 Å². The summed E-state index contributed by atoms with van der Waals surface area (Å²) in [6.45, 7) is 1.25. The van der Waals surface area contributed by atoms with Crippen LogP contribution in [0.1, 0.15) is 54.4 Å². The molecule has 5 rings (SSSR count). The number of piperidine rings is 1. The first kappa shape index (κ1) is 10.9. The predicted octanol–water partition coefficient (Wildman–Crippen LogP) is 3.13. The lowest BCUT2D eigenvalue weighted by molar-refractivity contribution is 0.0792. The van der Waals surface area contributed by atoms with Crippen LogP contribution in [0.2, 0.25) is 0 Å². The Hall–Kier alpha value is -0.820. The second-order valence-electron chi connectivity index (χ2n) is 7.25. The van der Waals surface area contributed by atoms with Crippen LogP contribution in [0, 0.1) is 5.92 Å². The van der Waals surface area contributed by atoms with Gasteiger partial charge >= 0.3 is 0 Å². The number of nitrogens with one attached hydrogen (secondary N) is 1. The first-order valence-corrected chi connectivity index (χ1v) is 8.26. The summed E-state index contributed by atoms with van der Waals surface area (Å²) in [6.07, 6.45) is 11.2. The molecular weight excluding hydrogens is 230 g/mol. The molecule has 1 heterocycles. The summed E-state index contributed by atoms with van der Waals surface area (Å²) < 4.78 is 0. The van der Waals surface area contributed by atoms with Crippen LogP contribution in [0.15, 0.2) is 12.1 Å². The molecule has 0 spiro atoms. The molecule has 1 saturated heterocycles. The van der Waals surface area contributed by atoms with Gasteiger partial charge in [0.25, 0.3) is 0 Å². The zero-order valence-corrected chi connectivity index (χ0v) is 11.7. The smallest absolute Gasteiger partial charge is 0.0144 e. The molecule has 1 aliphatic heterocycles. The van der Waals surface area contributed by atoms with Crippen molar-refractivity contribution in [2.45, 2.75) is 62.8 Å². The molecule has 2 bridgehead atoms. The molecule has 0 unspecified atom stereocenters. The van der Waals surface area contributed by atoms with Gasteiger partial charge in [-0.1, -0.05) is 25.0 Å². The SMILES string of the molecule is c1cc2c(c3c1CC3)C[C@H]1NCC[C@@]23CCCC[C@@H]13. The van der Waals surface area contributed by atoms with E-state index in [4.69, 9.17) is 0 Å². The number of rotatable bonds is 0. The quantitative estimate of drug-likeness (QED) is 0.749. The van der Waals surface area contributed by atoms with E-state index in [-0.39, 0.29) is 0 Å². The Morgan fingerprint density at radius 2 is 2.05 bits per heavy atom. The lowest BCUT2D eigenvalue weighted by Crippen LogP contribution is -2.59. The van der Waals surface area contributed by atoms with Crippen molar-refractivity contribution in [2.24, 2.45) is 5.92 Å². The highest BCUT2D eigenvalue weighted by molar-refractivity contribution is 5.52. The minimum atomic E-state index is 0.562. The van der Waals surface area contributed by atoms with Crippen LogP contribution >= 0.6 is 0 Å². The first-order chi connectivity index (χ1) is 9.38. The zero-order valence-electron chi connectivity index (χ0n) is 11.7. The highest BCUT2D eigenvalue weighted by Gasteiger charge is 2.52. The second-order valence-corrected chi connectivity index (χ2v) is 7.25. The molecule has 0 aromatic heterocycles. The number of benzene rings is 1. The summed E-state index contributed by atoms with van der Waals surface area (Å²) in [6, 6.07) is 5.78. The fourth-order valence-corrected chi connectivity index (χ4v) is 5.76. The van der Waals surface area contributed by atoms with E-state index in [1.54, 1.807) is 22.3 Å². The van der Waals surface area contributed by atoms with Gasteiger partial charge in [-0.25, -0.2) is 0 Å². The van der Waals surface area contributed by atoms with Crippen molar-refractivity contribution in [1.82, 2.24) is 5.32 Å². The van der Waals surface area contributed by atoms with E-state index in [1.807, 2.05) is 0 Å². The maximum absolute atomic E-state index is 3.86. The average molecular weight is 253 g/mol. The van der Waals surface area contributed by atoms with Crippen molar-refractivity contribution in [3.8, 4) is 0 Å². The first-order valence-electron chi connectivity index (χ1n) is 8.26. The molecular formula is C18H23N. The van der Waals surface area contributed by atoms with Crippen molar-refractivity contribution >= 4 is 0 Å². The van der Waals surface area contributed by atoms with Gasteiger partial charge in [-0.2, -0.15) is 0 Å². The molecule has 100 valence electrons. The van der Waals surface area contributed by atoms with Gasteiger partial charge in [-0.05, 0) is 73.2 Å². The maximum atomic E-state index is 3.86. The molecule has 3 aliphatic carbocycles. The Labute approximate surface area is 115 Å². The van der Waals surface area contributed by atoms with E-state index in [2.05, 4.69) is 17.4 Å². The summed E-state index contributed by atoms with van der Waals surface area (Å²) >= 11 is 0. The van der Waals surface area contributed by atoms with Gasteiger partial charge in [-0.3, -0.25) is 0 Å². The Kier molecular flexibility index (Phi) is 2.09. The minimum Gasteiger partial charge on any atom is -0.313 e. The fraction of sp³-hybridized carbons (Fsp3) is 0.667. The van der Waals surface area contributed by atoms with Crippen LogP contribution in [0.3, 0.4) is 0 Å². The third-order valence-electron chi connectivity index (χ3n) is 6.69. The van der Waals surface area contributed by atoms with Gasteiger partial charge in [0.15, 0.2) is 0 Å². The Balaban J connectivity index is 1.74. The van der Waals surface area contributed by atoms with E-state index < -0.39 is 0 Å². The average Bonchev–Trinajstić information content (AvgIpc) is 2.40. The summed E-state index contributed by atoms with van der Waals surface area (Å²) in [5, 5.41) is 3.86. The third-order valence-corrected chi connectivity index (χ3v) is 6.69. The molecule has 1 heteroatoms. The van der Waals surface area contributed by atoms with Gasteiger partial charge in [0.2, 0.25) is 0 Å². The molecule has 0 radical (unpaired) electrons. The zero-order chi connectivity index (χ0) is 12.4. The standard InChI is InChI=1S/C18H23N/c1-2-8-18-9-10-19-17(16(18)3-1)11-14-13-6-4-12(13)5-7-15(14)18/h5,7,16-17,19H,1-4,6,8-11H2/t16-,17+,18-/m0/s1. The molecule has 3 atom stereocenters. The van der Waals surface area contributed by atoms with Crippen molar-refractivity contribution in [2.75, 3.05) is 6.54 Å². The van der Waals surface area contributed by atoms with Crippen LogP contribution in [0.4, 0.5) is 0 Å². The topological polar surface area (TPSA) is 12.0 Å². The summed E-state index contributed by atoms with van der Waals surface area (Å²) in [5.41, 5.74) is 7.52. The van der Waals surface area contributed by atoms with Gasteiger partial charge in [-0.15, -0.1) is 0 Å². The summed E-state index contributed by atoms with van der Waals surface area (Å²) in [4.78, 5) is 0. The highest BCUT2D eigenvalue weighted by atomic mass is 15.0. The van der Waals surface area contributed by atoms with Crippen LogP contribution in [0.25, 0.3) is 0 Å². The van der Waals surface area contributed by atoms with Crippen molar-refractivity contribution < 1.29 is 0 Å². The molecule has 1 aromatic carbocycles. The van der Waals surface area contributed by atoms with Crippen LogP contribution in [-0.2, 0) is 24.7 Å². The maximum Gasteiger partial charge on any atom is 0.0144 e. The minimum absolute atomic E-state index is 0.562. The van der Waals surface area contributed by atoms with Crippen molar-refractivity contribution in [3.05, 3.63) is 34.4 Å². The monoisotopic (exact) mass is 253 g/mol. The van der Waals surface area contributed by atoms with E-state index in [1.165, 1.54) is 57.9 Å². The lowest BCUT2D eigenvalue weighted by atomic mass is 9.52. The number of aryl methyl sites for hydroxylation is 1. The number of fused-ring (bicyclic) bond motifs is 3. The summed E-state index contributed by atoms with van der Waals surface area (Å²) in [5.74, 6) is 0.931. The van der Waals surface area contributed by atoms with Gasteiger partial charge in [0.05, 0.1) is 0 Å². The molecule has 1 nitrogen and oxygen atoms in total. The third kappa shape index (κ3) is 1.25. The normalized spacial score (nSPS) is 38.7. The Bertz CT molecular complexity index is 543. The van der Waals surface area contributed by atoms with Gasteiger partial charge < -0.3 is 5.32 Å². The van der Waals surface area contributed by atoms with Gasteiger partial charge in [0.1, 0.15) is 0 Å². The van der Waals surface area contributed by atoms with Crippen LogP contribution < -0.4 is 5.32 Å². The number of hydrogen-bond acceptors (Lipinski definition) is 1. The lowest BCUT2D eigenvalue weighted by Gasteiger charge is -2.56. The van der Waals surface area contributed by atoms with E-state index >= 15 is 0 Å². The molecule has 2 fully saturated rings. The fourth-order valence-electron chi connectivity index (χ4n) is 5.76. The van der Waals surface area contributed by atoms with Crippen LogP contribution in [-0.4, -0.2) is 12.6 Å². The Morgan fingerprint density at radius 1 is 1.05 bits per heavy atom. The molecule has 1 saturated carbocycles. The van der Waals surface area contributed by atoms with Crippen LogP contribution in [0.5, 0.6) is 0 Å². The molecule has 4 aliphatic rings. The molecule has 1 aromatic rings. The van der Waals surface area contributed by atoms with E-state index in [0.717, 1.165) is 12.0 Å². The van der Waals surface area contributed by atoms with Crippen molar-refractivity contribution in [1.29, 1.82) is 0 Å². The van der Waals surface area contributed by atoms with Gasteiger partial charge in [0, 0.05) is 11.5 Å². The highest BCUT2D eigenvalue weighted by Crippen LogP contribution is 2.55. The Morgan fingerprint density at radius 3 is 2.95 bits per heavy atom. The summed E-state index contributed by atoms with van der Waals surface area (Å²) in [7, 11) is 0. The molecule has 19 heavy (non-hydrogen) atoms. The molecule has 0 amide bonds. The van der Waals surface area contributed by atoms with E-state index in [0.29, 0.717) is 5.41 Å². The second kappa shape index (κ2) is 3.63. The van der Waals surface area contributed by atoms with E-state index in [9.17, 15) is 0 Å². The molecule has 1 N–H and O–H groups in total. The number of hydrogen-bond donors (Lipinski definition) is 1. The predicted molar refractivity (Wildman–Crippen MR) is 77.6 cm³/mol. The largest absolute Gasteiger partial charge is 0.313 e.